The van der Waals surface area contributed by atoms with E-state index in [2.05, 4.69) is 10.6 Å². The van der Waals surface area contributed by atoms with Gasteiger partial charge in [0.2, 0.25) is 0 Å². The summed E-state index contributed by atoms with van der Waals surface area (Å²) in [5.74, 6) is 1.32. The van der Waals surface area contributed by atoms with Gasteiger partial charge in [-0.15, -0.1) is 0 Å². The second-order valence-electron chi connectivity index (χ2n) is 4.47. The largest absolute Gasteiger partial charge is 0.490 e. The fraction of sp³-hybridized carbons (Fsp3) is 0.267. The molecule has 0 radical (unpaired) electrons. The molecule has 0 bridgehead atoms. The molecule has 1 aromatic heterocycles. The molecule has 0 aliphatic heterocycles. The highest BCUT2D eigenvalue weighted by atomic mass is 35.5. The van der Waals surface area contributed by atoms with Crippen molar-refractivity contribution in [2.75, 3.05) is 13.2 Å². The van der Waals surface area contributed by atoms with E-state index in [0.29, 0.717) is 36.2 Å². The number of amides is 2. The van der Waals surface area contributed by atoms with E-state index in [1.807, 2.05) is 19.1 Å². The second-order valence-corrected chi connectivity index (χ2v) is 4.88. The summed E-state index contributed by atoms with van der Waals surface area (Å²) in [6.07, 6.45) is 1.56. The Kier molecular flexibility index (Phi) is 5.51. The number of urea groups is 1. The van der Waals surface area contributed by atoms with Crippen LogP contribution >= 0.6 is 11.6 Å². The van der Waals surface area contributed by atoms with Crippen LogP contribution in [-0.2, 0) is 6.54 Å². The first-order valence-electron chi connectivity index (χ1n) is 6.58. The van der Waals surface area contributed by atoms with Gasteiger partial charge < -0.3 is 19.8 Å². The Morgan fingerprint density at radius 3 is 2.95 bits per heavy atom. The Balaban J connectivity index is 1.65. The first-order chi connectivity index (χ1) is 10.1. The van der Waals surface area contributed by atoms with E-state index in [9.17, 15) is 4.79 Å². The molecule has 0 atom stereocenters. The van der Waals surface area contributed by atoms with Gasteiger partial charge in [0.05, 0.1) is 24.4 Å². The van der Waals surface area contributed by atoms with Crippen molar-refractivity contribution in [3.63, 3.8) is 0 Å². The Morgan fingerprint density at radius 2 is 2.19 bits per heavy atom. The summed E-state index contributed by atoms with van der Waals surface area (Å²) in [6.45, 7) is 3.04. The lowest BCUT2D eigenvalue weighted by molar-refractivity contribution is 0.235. The van der Waals surface area contributed by atoms with E-state index in [1.165, 1.54) is 0 Å². The lowest BCUT2D eigenvalue weighted by Crippen LogP contribution is -2.37. The van der Waals surface area contributed by atoms with E-state index in [0.717, 1.165) is 5.56 Å². The Bertz CT molecular complexity index is 585. The van der Waals surface area contributed by atoms with Crippen LogP contribution in [0, 0.1) is 6.92 Å². The van der Waals surface area contributed by atoms with Gasteiger partial charge in [0, 0.05) is 0 Å². The molecule has 0 saturated carbocycles. The zero-order valence-electron chi connectivity index (χ0n) is 11.7. The highest BCUT2D eigenvalue weighted by Gasteiger charge is 2.03. The minimum absolute atomic E-state index is 0.273. The molecule has 112 valence electrons. The molecule has 21 heavy (non-hydrogen) atoms. The van der Waals surface area contributed by atoms with Crippen molar-refractivity contribution in [1.29, 1.82) is 0 Å². The van der Waals surface area contributed by atoms with Gasteiger partial charge in [-0.2, -0.15) is 0 Å². The summed E-state index contributed by atoms with van der Waals surface area (Å²) >= 11 is 6.01. The average Bonchev–Trinajstić information content (AvgIpc) is 2.98. The topological polar surface area (TPSA) is 63.5 Å². The maximum atomic E-state index is 11.5. The van der Waals surface area contributed by atoms with Crippen LogP contribution < -0.4 is 15.4 Å². The number of hydrogen-bond acceptors (Lipinski definition) is 3. The third-order valence-electron chi connectivity index (χ3n) is 2.74. The first-order valence-corrected chi connectivity index (χ1v) is 6.96. The number of hydrogen-bond donors (Lipinski definition) is 2. The predicted molar refractivity (Wildman–Crippen MR) is 80.6 cm³/mol. The Morgan fingerprint density at radius 1 is 1.33 bits per heavy atom. The van der Waals surface area contributed by atoms with Gasteiger partial charge in [0.1, 0.15) is 18.1 Å². The number of benzene rings is 1. The van der Waals surface area contributed by atoms with Gasteiger partial charge >= 0.3 is 6.03 Å². The Hall–Kier alpha value is -2.14. The number of carbonyl (C=O) groups excluding carboxylic acids is 1. The zero-order valence-corrected chi connectivity index (χ0v) is 12.4. The van der Waals surface area contributed by atoms with Crippen molar-refractivity contribution < 1.29 is 13.9 Å². The molecular weight excluding hydrogens is 292 g/mol. The predicted octanol–water partition coefficient (Wildman–Crippen LogP) is 3.12. The molecule has 0 unspecified atom stereocenters. The summed E-state index contributed by atoms with van der Waals surface area (Å²) in [4.78, 5) is 11.5. The van der Waals surface area contributed by atoms with Crippen molar-refractivity contribution >= 4 is 17.6 Å². The maximum absolute atomic E-state index is 11.5. The van der Waals surface area contributed by atoms with E-state index in [4.69, 9.17) is 20.8 Å². The summed E-state index contributed by atoms with van der Waals surface area (Å²) in [6, 6.07) is 8.85. The number of nitrogens with one attached hydrogen (secondary N) is 2. The molecule has 2 amide bonds. The molecule has 2 N–H and O–H groups in total. The number of halogens is 1. The van der Waals surface area contributed by atoms with Crippen LogP contribution in [0.3, 0.4) is 0 Å². The van der Waals surface area contributed by atoms with E-state index in [1.54, 1.807) is 24.5 Å². The number of carbonyl (C=O) groups is 1. The normalized spacial score (nSPS) is 10.2. The molecule has 0 aliphatic carbocycles. The Labute approximate surface area is 128 Å². The van der Waals surface area contributed by atoms with Crippen LogP contribution in [0.5, 0.6) is 5.75 Å². The molecular formula is C15H17ClN2O3. The van der Waals surface area contributed by atoms with E-state index >= 15 is 0 Å². The molecule has 1 aromatic carbocycles. The van der Waals surface area contributed by atoms with Gasteiger partial charge in [0.25, 0.3) is 0 Å². The molecule has 1 heterocycles. The van der Waals surface area contributed by atoms with Gasteiger partial charge in [-0.05, 0) is 36.8 Å². The lowest BCUT2D eigenvalue weighted by atomic mass is 10.2. The minimum Gasteiger partial charge on any atom is -0.490 e. The van der Waals surface area contributed by atoms with Gasteiger partial charge in [-0.1, -0.05) is 17.7 Å². The standard InChI is InChI=1S/C15H17ClN2O3/c1-11-4-5-13(16)14(9-11)21-8-6-17-15(19)18-10-12-3-2-7-20-12/h2-5,7,9H,6,8,10H2,1H3,(H2,17,18,19). The van der Waals surface area contributed by atoms with E-state index < -0.39 is 0 Å². The van der Waals surface area contributed by atoms with Gasteiger partial charge in [-0.3, -0.25) is 0 Å². The fourth-order valence-corrected chi connectivity index (χ4v) is 1.86. The van der Waals surface area contributed by atoms with Gasteiger partial charge in [0.15, 0.2) is 0 Å². The zero-order chi connectivity index (χ0) is 15.1. The molecule has 0 fully saturated rings. The van der Waals surface area contributed by atoms with Crippen LogP contribution in [0.25, 0.3) is 0 Å². The van der Waals surface area contributed by atoms with Crippen LogP contribution in [0.1, 0.15) is 11.3 Å². The summed E-state index contributed by atoms with van der Waals surface area (Å²) in [7, 11) is 0. The fourth-order valence-electron chi connectivity index (χ4n) is 1.69. The molecule has 6 heteroatoms. The monoisotopic (exact) mass is 308 g/mol. The van der Waals surface area contributed by atoms with Crippen molar-refractivity contribution in [1.82, 2.24) is 10.6 Å². The molecule has 2 rings (SSSR count). The SMILES string of the molecule is Cc1ccc(Cl)c(OCCNC(=O)NCc2ccco2)c1. The van der Waals surface area contributed by atoms with Crippen molar-refractivity contribution in [2.24, 2.45) is 0 Å². The summed E-state index contributed by atoms with van der Waals surface area (Å²) in [5.41, 5.74) is 1.07. The smallest absolute Gasteiger partial charge is 0.315 e. The van der Waals surface area contributed by atoms with E-state index in [-0.39, 0.29) is 6.03 Å². The first kappa shape index (κ1) is 15.3. The molecule has 0 aliphatic rings. The molecule has 0 saturated heterocycles. The van der Waals surface area contributed by atoms with Crippen LogP contribution in [-0.4, -0.2) is 19.2 Å². The third-order valence-corrected chi connectivity index (χ3v) is 3.05. The van der Waals surface area contributed by atoms with Crippen LogP contribution in [0.2, 0.25) is 5.02 Å². The summed E-state index contributed by atoms with van der Waals surface area (Å²) < 4.78 is 10.6. The van der Waals surface area contributed by atoms with Crippen molar-refractivity contribution in [3.8, 4) is 5.75 Å². The minimum atomic E-state index is -0.273. The van der Waals surface area contributed by atoms with Crippen molar-refractivity contribution in [2.45, 2.75) is 13.5 Å². The molecule has 2 aromatic rings. The number of ether oxygens (including phenoxy) is 1. The lowest BCUT2D eigenvalue weighted by Gasteiger charge is -2.10. The second kappa shape index (κ2) is 7.59. The quantitative estimate of drug-likeness (QED) is 0.806. The number of aryl methyl sites for hydroxylation is 1. The molecule has 5 nitrogen and oxygen atoms in total. The van der Waals surface area contributed by atoms with Crippen molar-refractivity contribution in [3.05, 3.63) is 52.9 Å². The number of furan rings is 1. The summed E-state index contributed by atoms with van der Waals surface area (Å²) in [5, 5.41) is 5.93. The van der Waals surface area contributed by atoms with Gasteiger partial charge in [-0.25, -0.2) is 4.79 Å². The number of rotatable bonds is 6. The maximum Gasteiger partial charge on any atom is 0.315 e. The highest BCUT2D eigenvalue weighted by Crippen LogP contribution is 2.24. The van der Waals surface area contributed by atoms with Crippen LogP contribution in [0.4, 0.5) is 4.79 Å². The molecule has 0 spiro atoms. The average molecular weight is 309 g/mol. The van der Waals surface area contributed by atoms with Crippen LogP contribution in [0.15, 0.2) is 41.0 Å². The third kappa shape index (κ3) is 5.04. The highest BCUT2D eigenvalue weighted by molar-refractivity contribution is 6.32.